The van der Waals surface area contributed by atoms with Crippen LogP contribution in [0.25, 0.3) is 0 Å². The summed E-state index contributed by atoms with van der Waals surface area (Å²) in [5.41, 5.74) is 4.97. The molecule has 0 aliphatic heterocycles. The maximum absolute atomic E-state index is 13.4. The van der Waals surface area contributed by atoms with Gasteiger partial charge in [-0.15, -0.1) is 0 Å². The number of nitrogens with zero attached hydrogens (tertiary/aromatic N) is 1. The van der Waals surface area contributed by atoms with E-state index in [4.69, 9.17) is 10.5 Å². The van der Waals surface area contributed by atoms with Crippen LogP contribution in [-0.4, -0.2) is 23.4 Å². The molecule has 0 aromatic heterocycles. The highest BCUT2D eigenvalue weighted by Crippen LogP contribution is 2.20. The van der Waals surface area contributed by atoms with E-state index in [1.165, 1.54) is 24.3 Å². The molecule has 0 unspecified atom stereocenters. The van der Waals surface area contributed by atoms with Gasteiger partial charge >= 0.3 is 5.97 Å². The molecule has 124 valence electrons. The summed E-state index contributed by atoms with van der Waals surface area (Å²) in [5.74, 6) is -2.29. The van der Waals surface area contributed by atoms with Crippen LogP contribution in [-0.2, 0) is 9.53 Å². The Kier molecular flexibility index (Phi) is 5.05. The minimum Gasteiger partial charge on any atom is -0.452 e. The predicted octanol–water partition coefficient (Wildman–Crippen LogP) is 2.11. The van der Waals surface area contributed by atoms with Crippen molar-refractivity contribution in [3.8, 4) is 0 Å². The van der Waals surface area contributed by atoms with Crippen LogP contribution in [0.2, 0.25) is 0 Å². The number of hydrogen-bond acceptors (Lipinski definition) is 6. The number of non-ortho nitro benzene ring substituents is 1. The zero-order chi connectivity index (χ0) is 17.7. The van der Waals surface area contributed by atoms with Crippen molar-refractivity contribution in [2.45, 2.75) is 0 Å². The van der Waals surface area contributed by atoms with Gasteiger partial charge in [-0.3, -0.25) is 14.9 Å². The highest BCUT2D eigenvalue weighted by atomic mass is 19.1. The number of carbonyl (C=O) groups excluding carboxylic acids is 2. The fourth-order valence-corrected chi connectivity index (χ4v) is 1.81. The molecule has 1 amide bonds. The standard InChI is InChI=1S/C15H12FN3O5/c16-11-3-1-2-4-13(11)18-14(20)8-24-15(21)10-6-5-9(19(22)23)7-12(10)17/h1-7H,8,17H2,(H,18,20). The summed E-state index contributed by atoms with van der Waals surface area (Å²) in [5, 5.41) is 12.8. The number of rotatable bonds is 5. The van der Waals surface area contributed by atoms with Gasteiger partial charge in [-0.05, 0) is 18.2 Å². The van der Waals surface area contributed by atoms with Gasteiger partial charge in [0.15, 0.2) is 6.61 Å². The molecule has 24 heavy (non-hydrogen) atoms. The van der Waals surface area contributed by atoms with Crippen LogP contribution >= 0.6 is 0 Å². The second-order valence-corrected chi connectivity index (χ2v) is 4.63. The molecule has 0 aliphatic carbocycles. The minimum absolute atomic E-state index is 0.0478. The van der Waals surface area contributed by atoms with Gasteiger partial charge in [0.25, 0.3) is 11.6 Å². The van der Waals surface area contributed by atoms with Crippen LogP contribution in [0, 0.1) is 15.9 Å². The molecule has 0 heterocycles. The number of nitrogen functional groups attached to an aromatic ring is 1. The maximum atomic E-state index is 13.4. The Morgan fingerprint density at radius 3 is 2.58 bits per heavy atom. The van der Waals surface area contributed by atoms with E-state index < -0.39 is 29.2 Å². The molecule has 0 saturated heterocycles. The van der Waals surface area contributed by atoms with Crippen molar-refractivity contribution in [2.24, 2.45) is 0 Å². The van der Waals surface area contributed by atoms with Crippen molar-refractivity contribution < 1.29 is 23.6 Å². The number of hydrogen-bond donors (Lipinski definition) is 2. The SMILES string of the molecule is Nc1cc([N+](=O)[O-])ccc1C(=O)OCC(=O)Nc1ccccc1F. The fourth-order valence-electron chi connectivity index (χ4n) is 1.81. The van der Waals surface area contributed by atoms with Crippen LogP contribution in [0.5, 0.6) is 0 Å². The molecule has 0 bridgehead atoms. The summed E-state index contributed by atoms with van der Waals surface area (Å²) in [7, 11) is 0. The van der Waals surface area contributed by atoms with Gasteiger partial charge in [-0.2, -0.15) is 0 Å². The molecular weight excluding hydrogens is 321 g/mol. The minimum atomic E-state index is -0.925. The van der Waals surface area contributed by atoms with Gasteiger partial charge in [0.2, 0.25) is 0 Å². The number of benzene rings is 2. The summed E-state index contributed by atoms with van der Waals surface area (Å²) in [6.07, 6.45) is 0. The third-order valence-electron chi connectivity index (χ3n) is 2.95. The summed E-state index contributed by atoms with van der Waals surface area (Å²) in [4.78, 5) is 33.4. The van der Waals surface area contributed by atoms with E-state index in [2.05, 4.69) is 5.32 Å². The number of carbonyl (C=O) groups is 2. The Hall–Kier alpha value is -3.49. The molecule has 0 atom stereocenters. The van der Waals surface area contributed by atoms with Gasteiger partial charge < -0.3 is 15.8 Å². The van der Waals surface area contributed by atoms with Gasteiger partial charge in [-0.25, -0.2) is 9.18 Å². The Morgan fingerprint density at radius 2 is 1.96 bits per heavy atom. The second-order valence-electron chi connectivity index (χ2n) is 4.63. The fraction of sp³-hybridized carbons (Fsp3) is 0.0667. The molecule has 0 spiro atoms. The van der Waals surface area contributed by atoms with Crippen LogP contribution in [0.1, 0.15) is 10.4 Å². The third-order valence-corrected chi connectivity index (χ3v) is 2.95. The number of amides is 1. The van der Waals surface area contributed by atoms with Crippen LogP contribution in [0.4, 0.5) is 21.5 Å². The van der Waals surface area contributed by atoms with Crippen molar-refractivity contribution >= 4 is 28.9 Å². The quantitative estimate of drug-likeness (QED) is 0.374. The molecule has 0 fully saturated rings. The zero-order valence-electron chi connectivity index (χ0n) is 12.2. The number of esters is 1. The predicted molar refractivity (Wildman–Crippen MR) is 82.8 cm³/mol. The normalized spacial score (nSPS) is 10.0. The van der Waals surface area contributed by atoms with E-state index in [0.717, 1.165) is 18.2 Å². The highest BCUT2D eigenvalue weighted by Gasteiger charge is 2.17. The van der Waals surface area contributed by atoms with Gasteiger partial charge in [-0.1, -0.05) is 12.1 Å². The molecule has 2 aromatic carbocycles. The molecule has 2 rings (SSSR count). The summed E-state index contributed by atoms with van der Waals surface area (Å²) >= 11 is 0. The molecule has 0 saturated carbocycles. The van der Waals surface area contributed by atoms with Gasteiger partial charge in [0.1, 0.15) is 5.82 Å². The molecule has 9 heteroatoms. The topological polar surface area (TPSA) is 125 Å². The van der Waals surface area contributed by atoms with Crippen molar-refractivity contribution in [1.82, 2.24) is 0 Å². The first-order valence-electron chi connectivity index (χ1n) is 6.64. The first kappa shape index (κ1) is 16.9. The number of halogens is 1. The second kappa shape index (κ2) is 7.18. The monoisotopic (exact) mass is 333 g/mol. The molecular formula is C15H12FN3O5. The average Bonchev–Trinajstić information content (AvgIpc) is 2.54. The lowest BCUT2D eigenvalue weighted by molar-refractivity contribution is -0.384. The average molecular weight is 333 g/mol. The van der Waals surface area contributed by atoms with E-state index in [9.17, 15) is 24.1 Å². The highest BCUT2D eigenvalue weighted by molar-refractivity contribution is 5.98. The van der Waals surface area contributed by atoms with Crippen molar-refractivity contribution in [3.05, 3.63) is 64.0 Å². The number of nitro benzene ring substituents is 1. The van der Waals surface area contributed by atoms with Crippen molar-refractivity contribution in [1.29, 1.82) is 0 Å². The molecule has 3 N–H and O–H groups in total. The third kappa shape index (κ3) is 4.03. The molecule has 0 radical (unpaired) electrons. The van der Waals surface area contributed by atoms with Crippen LogP contribution < -0.4 is 11.1 Å². The van der Waals surface area contributed by atoms with E-state index in [1.807, 2.05) is 0 Å². The smallest absolute Gasteiger partial charge is 0.340 e. The lowest BCUT2D eigenvalue weighted by atomic mass is 10.1. The zero-order valence-corrected chi connectivity index (χ0v) is 12.2. The number of nitro groups is 1. The lowest BCUT2D eigenvalue weighted by Crippen LogP contribution is -2.21. The maximum Gasteiger partial charge on any atom is 0.340 e. The van der Waals surface area contributed by atoms with Crippen LogP contribution in [0.15, 0.2) is 42.5 Å². The Labute approximate surface area is 135 Å². The molecule has 0 aliphatic rings. The van der Waals surface area contributed by atoms with Crippen molar-refractivity contribution in [2.75, 3.05) is 17.7 Å². The Balaban J connectivity index is 1.97. The van der Waals surface area contributed by atoms with E-state index in [-0.39, 0.29) is 22.6 Å². The first-order valence-corrected chi connectivity index (χ1v) is 6.64. The number of nitrogens with one attached hydrogen (secondary N) is 1. The van der Waals surface area contributed by atoms with E-state index >= 15 is 0 Å². The summed E-state index contributed by atoms with van der Waals surface area (Å²) in [6.45, 7) is -0.663. The lowest BCUT2D eigenvalue weighted by Gasteiger charge is -2.08. The van der Waals surface area contributed by atoms with Crippen molar-refractivity contribution in [3.63, 3.8) is 0 Å². The largest absolute Gasteiger partial charge is 0.452 e. The summed E-state index contributed by atoms with van der Waals surface area (Å²) in [6, 6.07) is 8.74. The Bertz CT molecular complexity index is 809. The summed E-state index contributed by atoms with van der Waals surface area (Å²) < 4.78 is 18.1. The van der Waals surface area contributed by atoms with Crippen LogP contribution in [0.3, 0.4) is 0 Å². The molecule has 2 aromatic rings. The number of nitrogens with two attached hydrogens (primary N) is 1. The Morgan fingerprint density at radius 1 is 1.25 bits per heavy atom. The van der Waals surface area contributed by atoms with E-state index in [0.29, 0.717) is 0 Å². The number of anilines is 2. The number of para-hydroxylation sites is 1. The molecule has 8 nitrogen and oxygen atoms in total. The van der Waals surface area contributed by atoms with Gasteiger partial charge in [0, 0.05) is 12.1 Å². The first-order chi connectivity index (χ1) is 11.4. The van der Waals surface area contributed by atoms with E-state index in [1.54, 1.807) is 0 Å². The number of ether oxygens (including phenoxy) is 1. The van der Waals surface area contributed by atoms with Gasteiger partial charge in [0.05, 0.1) is 21.9 Å².